The Bertz CT molecular complexity index is 823. The molecule has 0 aliphatic rings. The van der Waals surface area contributed by atoms with E-state index in [1.807, 2.05) is 0 Å². The van der Waals surface area contributed by atoms with Gasteiger partial charge in [0.15, 0.2) is 6.61 Å². The van der Waals surface area contributed by atoms with Gasteiger partial charge in [-0.3, -0.25) is 9.52 Å². The lowest BCUT2D eigenvalue weighted by Gasteiger charge is -2.10. The molecule has 0 saturated heterocycles. The van der Waals surface area contributed by atoms with E-state index >= 15 is 0 Å². The molecule has 2 N–H and O–H groups in total. The molecule has 2 rings (SSSR count). The van der Waals surface area contributed by atoms with E-state index in [0.29, 0.717) is 18.9 Å². The van der Waals surface area contributed by atoms with Crippen molar-refractivity contribution in [3.05, 3.63) is 54.3 Å². The van der Waals surface area contributed by atoms with Crippen LogP contribution in [0.25, 0.3) is 0 Å². The molecular formula is C17H19FN2O5S. The topological polar surface area (TPSA) is 93.7 Å². The van der Waals surface area contributed by atoms with Gasteiger partial charge in [-0.15, -0.1) is 0 Å². The number of carbonyl (C=O) groups is 1. The van der Waals surface area contributed by atoms with Gasteiger partial charge < -0.3 is 14.8 Å². The Balaban J connectivity index is 1.93. The highest BCUT2D eigenvalue weighted by Crippen LogP contribution is 2.19. The van der Waals surface area contributed by atoms with Crippen molar-refractivity contribution in [2.45, 2.75) is 4.90 Å². The smallest absolute Gasteiger partial charge is 0.261 e. The molecule has 140 valence electrons. The number of benzene rings is 2. The first-order valence-corrected chi connectivity index (χ1v) is 9.16. The number of rotatable bonds is 9. The Kier molecular flexibility index (Phi) is 6.93. The number of sulfonamides is 1. The highest BCUT2D eigenvalue weighted by Gasteiger charge is 2.14. The summed E-state index contributed by atoms with van der Waals surface area (Å²) in [6.07, 6.45) is 0. The van der Waals surface area contributed by atoms with E-state index in [1.165, 1.54) is 43.5 Å². The average Bonchev–Trinajstić information content (AvgIpc) is 2.62. The second-order valence-electron chi connectivity index (χ2n) is 5.22. The fourth-order valence-corrected chi connectivity index (χ4v) is 3.00. The van der Waals surface area contributed by atoms with Crippen LogP contribution in [0.2, 0.25) is 0 Å². The molecule has 0 aliphatic carbocycles. The second-order valence-corrected chi connectivity index (χ2v) is 6.90. The van der Waals surface area contributed by atoms with Crippen LogP contribution < -0.4 is 14.8 Å². The van der Waals surface area contributed by atoms with Crippen molar-refractivity contribution in [3.63, 3.8) is 0 Å². The predicted molar refractivity (Wildman–Crippen MR) is 94.0 cm³/mol. The maximum absolute atomic E-state index is 12.9. The zero-order valence-corrected chi connectivity index (χ0v) is 14.9. The summed E-state index contributed by atoms with van der Waals surface area (Å²) in [6.45, 7) is 0.591. The molecule has 0 fully saturated rings. The molecule has 0 saturated carbocycles. The van der Waals surface area contributed by atoms with Gasteiger partial charge in [-0.1, -0.05) is 0 Å². The quantitative estimate of drug-likeness (QED) is 0.645. The highest BCUT2D eigenvalue weighted by molar-refractivity contribution is 7.92. The van der Waals surface area contributed by atoms with Crippen molar-refractivity contribution in [2.24, 2.45) is 0 Å². The molecule has 7 nitrogen and oxygen atoms in total. The van der Waals surface area contributed by atoms with Gasteiger partial charge in [-0.05, 0) is 48.5 Å². The van der Waals surface area contributed by atoms with Crippen LogP contribution in [-0.4, -0.2) is 41.2 Å². The summed E-state index contributed by atoms with van der Waals surface area (Å²) in [5.41, 5.74) is 0.249. The summed E-state index contributed by atoms with van der Waals surface area (Å²) in [5.74, 6) is -0.412. The molecule has 0 radical (unpaired) electrons. The van der Waals surface area contributed by atoms with Crippen molar-refractivity contribution < 1.29 is 27.1 Å². The summed E-state index contributed by atoms with van der Waals surface area (Å²) in [7, 11) is -2.28. The monoisotopic (exact) mass is 382 g/mol. The van der Waals surface area contributed by atoms with Crippen LogP contribution in [0.1, 0.15) is 0 Å². The Morgan fingerprint density at radius 3 is 2.35 bits per heavy atom. The predicted octanol–water partition coefficient (Wildman–Crippen LogP) is 1.77. The van der Waals surface area contributed by atoms with Gasteiger partial charge in [0.1, 0.15) is 11.6 Å². The third-order valence-electron chi connectivity index (χ3n) is 3.23. The summed E-state index contributed by atoms with van der Waals surface area (Å²) in [4.78, 5) is 11.5. The molecule has 26 heavy (non-hydrogen) atoms. The van der Waals surface area contributed by atoms with Crippen LogP contribution in [-0.2, 0) is 19.6 Å². The number of carbonyl (C=O) groups excluding carboxylic acids is 1. The van der Waals surface area contributed by atoms with E-state index in [0.717, 1.165) is 12.1 Å². The molecule has 0 heterocycles. The maximum Gasteiger partial charge on any atom is 0.261 e. The van der Waals surface area contributed by atoms with Crippen LogP contribution in [0.5, 0.6) is 5.75 Å². The first kappa shape index (κ1) is 19.7. The summed E-state index contributed by atoms with van der Waals surface area (Å²) in [6, 6.07) is 10.6. The van der Waals surface area contributed by atoms with E-state index in [1.54, 1.807) is 0 Å². The Morgan fingerprint density at radius 1 is 1.08 bits per heavy atom. The van der Waals surface area contributed by atoms with Crippen LogP contribution in [0.4, 0.5) is 10.1 Å². The number of halogens is 1. The lowest BCUT2D eigenvalue weighted by molar-refractivity contribution is -0.123. The van der Waals surface area contributed by atoms with Crippen LogP contribution in [0.15, 0.2) is 53.4 Å². The minimum Gasteiger partial charge on any atom is -0.484 e. The van der Waals surface area contributed by atoms with Crippen molar-refractivity contribution in [3.8, 4) is 5.75 Å². The summed E-state index contributed by atoms with van der Waals surface area (Å²) in [5, 5.41) is 2.60. The number of hydrogen-bond acceptors (Lipinski definition) is 5. The van der Waals surface area contributed by atoms with Crippen molar-refractivity contribution in [1.29, 1.82) is 0 Å². The number of nitrogens with one attached hydrogen (secondary N) is 2. The van der Waals surface area contributed by atoms with E-state index < -0.39 is 15.8 Å². The molecule has 1 amide bonds. The Labute approximate surface area is 151 Å². The van der Waals surface area contributed by atoms with E-state index in [4.69, 9.17) is 9.47 Å². The minimum atomic E-state index is -3.81. The zero-order chi connectivity index (χ0) is 19.0. The Hall–Kier alpha value is -2.65. The number of methoxy groups -OCH3 is 1. The third kappa shape index (κ3) is 6.01. The lowest BCUT2D eigenvalue weighted by atomic mass is 10.3. The van der Waals surface area contributed by atoms with Crippen LogP contribution in [0, 0.1) is 5.82 Å². The second kappa shape index (κ2) is 9.16. The standard InChI is InChI=1S/C17H19FN2O5S/c1-24-11-10-19-17(21)12-25-15-6-8-16(9-7-15)26(22,23)20-14-4-2-13(18)3-5-14/h2-9,20H,10-12H2,1H3,(H,19,21). The molecule has 9 heteroatoms. The van der Waals surface area contributed by atoms with Gasteiger partial charge in [0, 0.05) is 19.3 Å². The fraction of sp³-hybridized carbons (Fsp3) is 0.235. The molecule has 0 bridgehead atoms. The number of anilines is 1. The van der Waals surface area contributed by atoms with Gasteiger partial charge in [0.25, 0.3) is 15.9 Å². The van der Waals surface area contributed by atoms with Gasteiger partial charge in [0.05, 0.1) is 11.5 Å². The van der Waals surface area contributed by atoms with Crippen molar-refractivity contribution >= 4 is 21.6 Å². The first-order valence-electron chi connectivity index (χ1n) is 7.67. The molecule has 0 unspecified atom stereocenters. The van der Waals surface area contributed by atoms with E-state index in [9.17, 15) is 17.6 Å². The maximum atomic E-state index is 12.9. The molecular weight excluding hydrogens is 363 g/mol. The van der Waals surface area contributed by atoms with Crippen LogP contribution >= 0.6 is 0 Å². The lowest BCUT2D eigenvalue weighted by Crippen LogP contribution is -2.31. The molecule has 0 atom stereocenters. The third-order valence-corrected chi connectivity index (χ3v) is 4.63. The summed E-state index contributed by atoms with van der Waals surface area (Å²) < 4.78 is 49.9. The largest absolute Gasteiger partial charge is 0.484 e. The first-order chi connectivity index (χ1) is 12.4. The fourth-order valence-electron chi connectivity index (χ4n) is 1.94. The van der Waals surface area contributed by atoms with Gasteiger partial charge in [0.2, 0.25) is 0 Å². The zero-order valence-electron chi connectivity index (χ0n) is 14.1. The number of amides is 1. The van der Waals surface area contributed by atoms with Crippen molar-refractivity contribution in [2.75, 3.05) is 31.6 Å². The molecule has 2 aromatic carbocycles. The highest BCUT2D eigenvalue weighted by atomic mass is 32.2. The van der Waals surface area contributed by atoms with Crippen molar-refractivity contribution in [1.82, 2.24) is 5.32 Å². The minimum absolute atomic E-state index is 0.0127. The molecule has 0 aliphatic heterocycles. The molecule has 2 aromatic rings. The normalized spacial score (nSPS) is 11.0. The van der Waals surface area contributed by atoms with E-state index in [2.05, 4.69) is 10.0 Å². The van der Waals surface area contributed by atoms with Gasteiger partial charge >= 0.3 is 0 Å². The molecule has 0 aromatic heterocycles. The average molecular weight is 382 g/mol. The number of hydrogen-bond donors (Lipinski definition) is 2. The SMILES string of the molecule is COCCNC(=O)COc1ccc(S(=O)(=O)Nc2ccc(F)cc2)cc1. The van der Waals surface area contributed by atoms with E-state index in [-0.39, 0.29) is 23.1 Å². The van der Waals surface area contributed by atoms with Gasteiger partial charge in [-0.25, -0.2) is 12.8 Å². The number of ether oxygens (including phenoxy) is 2. The Morgan fingerprint density at radius 2 is 1.73 bits per heavy atom. The van der Waals surface area contributed by atoms with Gasteiger partial charge in [-0.2, -0.15) is 0 Å². The van der Waals surface area contributed by atoms with Crippen LogP contribution in [0.3, 0.4) is 0 Å². The molecule has 0 spiro atoms. The summed E-state index contributed by atoms with van der Waals surface area (Å²) >= 11 is 0.